The number of halogens is 1. The van der Waals surface area contributed by atoms with E-state index in [1.165, 1.54) is 0 Å². The Labute approximate surface area is 160 Å². The summed E-state index contributed by atoms with van der Waals surface area (Å²) in [7, 11) is 3.60. The van der Waals surface area contributed by atoms with Crippen LogP contribution in [0.4, 0.5) is 16.2 Å². The van der Waals surface area contributed by atoms with Crippen molar-refractivity contribution >= 4 is 35.7 Å². The van der Waals surface area contributed by atoms with E-state index in [0.29, 0.717) is 23.5 Å². The molecule has 0 unspecified atom stereocenters. The molecule has 3 amide bonds. The van der Waals surface area contributed by atoms with Gasteiger partial charge in [-0.2, -0.15) is 0 Å². The van der Waals surface area contributed by atoms with Gasteiger partial charge in [0.2, 0.25) is 0 Å². The van der Waals surface area contributed by atoms with Gasteiger partial charge in [-0.15, -0.1) is 12.4 Å². The average Bonchev–Trinajstić information content (AvgIpc) is 2.61. The van der Waals surface area contributed by atoms with Crippen LogP contribution in [0.2, 0.25) is 0 Å². The third-order valence-electron chi connectivity index (χ3n) is 3.81. The van der Waals surface area contributed by atoms with E-state index in [1.807, 2.05) is 50.4 Å². The Hall–Kier alpha value is -2.57. The molecule has 0 radical (unpaired) electrons. The van der Waals surface area contributed by atoms with Crippen molar-refractivity contribution in [2.24, 2.45) is 0 Å². The molecule has 7 heteroatoms. The summed E-state index contributed by atoms with van der Waals surface area (Å²) in [6, 6.07) is 14.2. The lowest BCUT2D eigenvalue weighted by molar-refractivity contribution is 0.0797. The number of urea groups is 1. The molecule has 0 atom stereocenters. The Morgan fingerprint density at radius 1 is 1.04 bits per heavy atom. The summed E-state index contributed by atoms with van der Waals surface area (Å²) in [4.78, 5) is 26.3. The van der Waals surface area contributed by atoms with Gasteiger partial charge in [0.25, 0.3) is 5.91 Å². The molecule has 26 heavy (non-hydrogen) atoms. The van der Waals surface area contributed by atoms with Crippen molar-refractivity contribution in [1.82, 2.24) is 10.2 Å². The molecular formula is C19H25ClN4O2. The fraction of sp³-hybridized carbons (Fsp3) is 0.263. The van der Waals surface area contributed by atoms with Gasteiger partial charge in [0, 0.05) is 37.1 Å². The number of nitrogens with one attached hydrogen (secondary N) is 3. The summed E-state index contributed by atoms with van der Waals surface area (Å²) >= 11 is 0. The molecule has 0 saturated carbocycles. The fourth-order valence-corrected chi connectivity index (χ4v) is 2.30. The standard InChI is InChI=1S/C19H24N4O2.ClH/c1-14-9-10-15(18(24)23(3)12-11-20-2)13-17(14)22-19(25)21-16-7-5-4-6-8-16;/h4-10,13,20H,11-12H2,1-3H3,(H2,21,22,25);1H. The summed E-state index contributed by atoms with van der Waals surface area (Å²) in [5, 5.41) is 8.58. The number of anilines is 2. The first kappa shape index (κ1) is 21.5. The van der Waals surface area contributed by atoms with E-state index in [-0.39, 0.29) is 24.3 Å². The quantitative estimate of drug-likeness (QED) is 0.723. The number of carbonyl (C=O) groups excluding carboxylic acids is 2. The van der Waals surface area contributed by atoms with Crippen LogP contribution >= 0.6 is 12.4 Å². The van der Waals surface area contributed by atoms with E-state index in [9.17, 15) is 9.59 Å². The van der Waals surface area contributed by atoms with Gasteiger partial charge in [0.1, 0.15) is 0 Å². The summed E-state index contributed by atoms with van der Waals surface area (Å²) in [6.07, 6.45) is 0. The Balaban J connectivity index is 0.00000338. The van der Waals surface area contributed by atoms with Gasteiger partial charge in [-0.25, -0.2) is 4.79 Å². The molecular weight excluding hydrogens is 352 g/mol. The Morgan fingerprint density at radius 2 is 1.73 bits per heavy atom. The van der Waals surface area contributed by atoms with Gasteiger partial charge in [-0.1, -0.05) is 24.3 Å². The highest BCUT2D eigenvalue weighted by Crippen LogP contribution is 2.18. The van der Waals surface area contributed by atoms with Gasteiger partial charge in [-0.3, -0.25) is 4.79 Å². The number of hydrogen-bond acceptors (Lipinski definition) is 3. The molecule has 3 N–H and O–H groups in total. The van der Waals surface area contributed by atoms with E-state index in [1.54, 1.807) is 24.1 Å². The SMILES string of the molecule is CNCCN(C)C(=O)c1ccc(C)c(NC(=O)Nc2ccccc2)c1.Cl. The molecule has 0 bridgehead atoms. The second-order valence-corrected chi connectivity index (χ2v) is 5.81. The van der Waals surface area contributed by atoms with Crippen molar-refractivity contribution < 1.29 is 9.59 Å². The number of hydrogen-bond donors (Lipinski definition) is 3. The van der Waals surface area contributed by atoms with Gasteiger partial charge in [0.15, 0.2) is 0 Å². The van der Waals surface area contributed by atoms with E-state index in [0.717, 1.165) is 12.1 Å². The van der Waals surface area contributed by atoms with E-state index in [4.69, 9.17) is 0 Å². The molecule has 0 aromatic heterocycles. The van der Waals surface area contributed by atoms with Gasteiger partial charge in [-0.05, 0) is 43.8 Å². The third kappa shape index (κ3) is 6.06. The normalized spacial score (nSPS) is 9.81. The van der Waals surface area contributed by atoms with Crippen LogP contribution in [-0.4, -0.2) is 44.0 Å². The number of aryl methyl sites for hydroxylation is 1. The maximum absolute atomic E-state index is 12.5. The molecule has 0 aliphatic rings. The first-order chi connectivity index (χ1) is 12.0. The monoisotopic (exact) mass is 376 g/mol. The van der Waals surface area contributed by atoms with Crippen molar-refractivity contribution in [2.75, 3.05) is 37.8 Å². The second kappa shape index (κ2) is 10.4. The molecule has 0 aliphatic carbocycles. The number of para-hydroxylation sites is 1. The number of carbonyl (C=O) groups is 2. The molecule has 2 rings (SSSR count). The number of amides is 3. The highest BCUT2D eigenvalue weighted by Gasteiger charge is 2.13. The van der Waals surface area contributed by atoms with Gasteiger partial charge in [0.05, 0.1) is 0 Å². The first-order valence-corrected chi connectivity index (χ1v) is 8.15. The van der Waals surface area contributed by atoms with Crippen LogP contribution in [-0.2, 0) is 0 Å². The fourth-order valence-electron chi connectivity index (χ4n) is 2.30. The topological polar surface area (TPSA) is 73.5 Å². The molecule has 0 fully saturated rings. The Morgan fingerprint density at radius 3 is 2.38 bits per heavy atom. The van der Waals surface area contributed by atoms with Crippen LogP contribution in [0.15, 0.2) is 48.5 Å². The predicted octanol–water partition coefficient (Wildman–Crippen LogP) is 3.35. The average molecular weight is 377 g/mol. The number of benzene rings is 2. The molecule has 0 spiro atoms. The summed E-state index contributed by atoms with van der Waals surface area (Å²) in [6.45, 7) is 3.22. The van der Waals surface area contributed by atoms with Gasteiger partial charge >= 0.3 is 6.03 Å². The maximum atomic E-state index is 12.5. The van der Waals surface area contributed by atoms with E-state index < -0.39 is 0 Å². The number of likely N-dealkylation sites (N-methyl/N-ethyl adjacent to an activating group) is 2. The molecule has 6 nitrogen and oxygen atoms in total. The van der Waals surface area contributed by atoms with Crippen molar-refractivity contribution in [1.29, 1.82) is 0 Å². The lowest BCUT2D eigenvalue weighted by Gasteiger charge is -2.18. The van der Waals surface area contributed by atoms with Crippen molar-refractivity contribution in [3.05, 3.63) is 59.7 Å². The molecule has 0 aliphatic heterocycles. The highest BCUT2D eigenvalue weighted by atomic mass is 35.5. The van der Waals surface area contributed by atoms with Crippen LogP contribution in [0, 0.1) is 6.92 Å². The number of nitrogens with zero attached hydrogens (tertiary/aromatic N) is 1. The van der Waals surface area contributed by atoms with Gasteiger partial charge < -0.3 is 20.9 Å². The summed E-state index contributed by atoms with van der Waals surface area (Å²) in [5.74, 6) is -0.0817. The lowest BCUT2D eigenvalue weighted by atomic mass is 10.1. The van der Waals surface area contributed by atoms with Crippen molar-refractivity contribution in [2.45, 2.75) is 6.92 Å². The van der Waals surface area contributed by atoms with Crippen molar-refractivity contribution in [3.63, 3.8) is 0 Å². The molecule has 2 aromatic carbocycles. The van der Waals surface area contributed by atoms with Crippen LogP contribution in [0.25, 0.3) is 0 Å². The first-order valence-electron chi connectivity index (χ1n) is 8.15. The Bertz CT molecular complexity index is 738. The van der Waals surface area contributed by atoms with Crippen molar-refractivity contribution in [3.8, 4) is 0 Å². The zero-order chi connectivity index (χ0) is 18.2. The van der Waals surface area contributed by atoms with Crippen LogP contribution in [0.1, 0.15) is 15.9 Å². The van der Waals surface area contributed by atoms with E-state index in [2.05, 4.69) is 16.0 Å². The minimum atomic E-state index is -0.345. The largest absolute Gasteiger partial charge is 0.340 e. The maximum Gasteiger partial charge on any atom is 0.323 e. The number of rotatable bonds is 6. The lowest BCUT2D eigenvalue weighted by Crippen LogP contribution is -2.32. The van der Waals surface area contributed by atoms with Crippen LogP contribution < -0.4 is 16.0 Å². The van der Waals surface area contributed by atoms with Crippen LogP contribution in [0.3, 0.4) is 0 Å². The zero-order valence-corrected chi connectivity index (χ0v) is 16.0. The molecule has 140 valence electrons. The molecule has 0 saturated heterocycles. The predicted molar refractivity (Wildman–Crippen MR) is 108 cm³/mol. The smallest absolute Gasteiger partial charge is 0.323 e. The zero-order valence-electron chi connectivity index (χ0n) is 15.2. The molecule has 2 aromatic rings. The summed E-state index contributed by atoms with van der Waals surface area (Å²) < 4.78 is 0. The van der Waals surface area contributed by atoms with E-state index >= 15 is 0 Å². The summed E-state index contributed by atoms with van der Waals surface area (Å²) in [5.41, 5.74) is 2.75. The molecule has 0 heterocycles. The minimum Gasteiger partial charge on any atom is -0.340 e. The Kier molecular flexibility index (Phi) is 8.61. The third-order valence-corrected chi connectivity index (χ3v) is 3.81. The highest BCUT2D eigenvalue weighted by molar-refractivity contribution is 6.02. The second-order valence-electron chi connectivity index (χ2n) is 5.81. The van der Waals surface area contributed by atoms with Crippen LogP contribution in [0.5, 0.6) is 0 Å². The minimum absolute atomic E-state index is 0.